The van der Waals surface area contributed by atoms with E-state index in [1.807, 2.05) is 18.8 Å². The van der Waals surface area contributed by atoms with E-state index >= 15 is 0 Å². The lowest BCUT2D eigenvalue weighted by Gasteiger charge is -2.21. The third-order valence-electron chi connectivity index (χ3n) is 2.41. The highest BCUT2D eigenvalue weighted by Crippen LogP contribution is 2.22. The van der Waals surface area contributed by atoms with Crippen molar-refractivity contribution in [3.8, 4) is 0 Å². The molecule has 0 saturated heterocycles. The highest BCUT2D eigenvalue weighted by atomic mass is 32.2. The average Bonchev–Trinajstić information content (AvgIpc) is 2.34. The van der Waals surface area contributed by atoms with Crippen molar-refractivity contribution < 1.29 is 0 Å². The second-order valence-electron chi connectivity index (χ2n) is 3.44. The molecule has 0 saturated carbocycles. The molecule has 1 aromatic rings. The summed E-state index contributed by atoms with van der Waals surface area (Å²) in [5.74, 6) is 8.18. The zero-order valence-electron chi connectivity index (χ0n) is 10.0. The van der Waals surface area contributed by atoms with Crippen LogP contribution in [0.15, 0.2) is 6.33 Å². The molecule has 1 heterocycles. The largest absolute Gasteiger partial charge is 0.358 e. The molecule has 16 heavy (non-hydrogen) atoms. The van der Waals surface area contributed by atoms with Gasteiger partial charge in [0.1, 0.15) is 18.0 Å². The van der Waals surface area contributed by atoms with Crippen LogP contribution in [0.1, 0.15) is 12.5 Å². The van der Waals surface area contributed by atoms with E-state index in [-0.39, 0.29) is 0 Å². The van der Waals surface area contributed by atoms with Crippen molar-refractivity contribution >= 4 is 23.4 Å². The molecule has 0 bridgehead atoms. The minimum absolute atomic E-state index is 0.712. The molecule has 5 nitrogen and oxygen atoms in total. The lowest BCUT2D eigenvalue weighted by atomic mass is 10.2. The van der Waals surface area contributed by atoms with Crippen molar-refractivity contribution in [3.63, 3.8) is 0 Å². The third kappa shape index (κ3) is 2.99. The molecule has 6 heteroatoms. The van der Waals surface area contributed by atoms with Crippen LogP contribution in [0.3, 0.4) is 0 Å². The quantitative estimate of drug-likeness (QED) is 0.575. The van der Waals surface area contributed by atoms with Gasteiger partial charge < -0.3 is 10.3 Å². The van der Waals surface area contributed by atoms with Gasteiger partial charge in [-0.2, -0.15) is 11.8 Å². The van der Waals surface area contributed by atoms with Crippen molar-refractivity contribution in [2.75, 3.05) is 35.9 Å². The minimum atomic E-state index is 0.712. The highest BCUT2D eigenvalue weighted by Gasteiger charge is 2.12. The Morgan fingerprint density at radius 1 is 1.50 bits per heavy atom. The third-order valence-corrected chi connectivity index (χ3v) is 3.00. The topological polar surface area (TPSA) is 67.1 Å². The summed E-state index contributed by atoms with van der Waals surface area (Å²) >= 11 is 1.82. The fourth-order valence-corrected chi connectivity index (χ4v) is 1.97. The number of nitrogens with zero attached hydrogens (tertiary/aromatic N) is 3. The van der Waals surface area contributed by atoms with Crippen molar-refractivity contribution in [3.05, 3.63) is 11.9 Å². The predicted octanol–water partition coefficient (Wildman–Crippen LogP) is 1.12. The van der Waals surface area contributed by atoms with Crippen molar-refractivity contribution in [1.82, 2.24) is 9.97 Å². The highest BCUT2D eigenvalue weighted by molar-refractivity contribution is 7.98. The number of hydrogen-bond donors (Lipinski definition) is 2. The molecule has 0 amide bonds. The van der Waals surface area contributed by atoms with Crippen LogP contribution in [0.4, 0.5) is 11.6 Å². The lowest BCUT2D eigenvalue weighted by Crippen LogP contribution is -2.24. The zero-order chi connectivity index (χ0) is 12.0. The molecule has 0 fully saturated rings. The minimum Gasteiger partial charge on any atom is -0.358 e. The summed E-state index contributed by atoms with van der Waals surface area (Å²) in [6, 6.07) is 0. The van der Waals surface area contributed by atoms with Gasteiger partial charge in [-0.3, -0.25) is 0 Å². The number of hydrogen-bond acceptors (Lipinski definition) is 6. The van der Waals surface area contributed by atoms with Crippen LogP contribution in [0.5, 0.6) is 0 Å². The summed E-state index contributed by atoms with van der Waals surface area (Å²) in [6.45, 7) is 3.04. The van der Waals surface area contributed by atoms with Crippen molar-refractivity contribution in [2.45, 2.75) is 13.3 Å². The Morgan fingerprint density at radius 3 is 2.81 bits per heavy atom. The van der Waals surface area contributed by atoms with Gasteiger partial charge in [0.2, 0.25) is 0 Å². The van der Waals surface area contributed by atoms with E-state index in [0.29, 0.717) is 5.82 Å². The van der Waals surface area contributed by atoms with Crippen LogP contribution in [0.2, 0.25) is 0 Å². The van der Waals surface area contributed by atoms with E-state index in [4.69, 9.17) is 5.84 Å². The fourth-order valence-electron chi connectivity index (χ4n) is 1.52. The molecule has 0 spiro atoms. The summed E-state index contributed by atoms with van der Waals surface area (Å²) in [7, 11) is 2.04. The summed E-state index contributed by atoms with van der Waals surface area (Å²) in [6.07, 6.45) is 4.50. The Morgan fingerprint density at radius 2 is 2.25 bits per heavy atom. The molecule has 0 aromatic carbocycles. The molecule has 0 atom stereocenters. The number of nitrogens with one attached hydrogen (secondary N) is 1. The number of aromatic nitrogens is 2. The molecule has 0 aliphatic carbocycles. The van der Waals surface area contributed by atoms with E-state index in [2.05, 4.69) is 33.5 Å². The predicted molar refractivity (Wildman–Crippen MR) is 70.9 cm³/mol. The van der Waals surface area contributed by atoms with E-state index < -0.39 is 0 Å². The summed E-state index contributed by atoms with van der Waals surface area (Å²) < 4.78 is 0. The number of thioether (sulfide) groups is 1. The molecule has 0 radical (unpaired) electrons. The molecule has 1 rings (SSSR count). The van der Waals surface area contributed by atoms with Crippen LogP contribution in [0, 0.1) is 0 Å². The number of nitrogens with two attached hydrogens (primary N) is 1. The Bertz CT molecular complexity index is 331. The standard InChI is InChI=1S/C10H19N5S/c1-4-8-9(14-11)12-7-13-10(8)15(2)5-6-16-3/h7H,4-6,11H2,1-3H3,(H,12,13,14). The van der Waals surface area contributed by atoms with Gasteiger partial charge in [0.15, 0.2) is 0 Å². The maximum atomic E-state index is 5.43. The summed E-state index contributed by atoms with van der Waals surface area (Å²) in [5, 5.41) is 0. The van der Waals surface area contributed by atoms with Gasteiger partial charge in [-0.05, 0) is 12.7 Å². The first-order valence-electron chi connectivity index (χ1n) is 5.25. The Labute approximate surface area is 101 Å². The van der Waals surface area contributed by atoms with E-state index in [1.165, 1.54) is 0 Å². The van der Waals surface area contributed by atoms with Crippen LogP contribution in [-0.4, -0.2) is 35.6 Å². The second-order valence-corrected chi connectivity index (χ2v) is 4.42. The van der Waals surface area contributed by atoms with Crippen LogP contribution in [-0.2, 0) is 6.42 Å². The molecular weight excluding hydrogens is 222 g/mol. The molecular formula is C10H19N5S. The molecule has 0 unspecified atom stereocenters. The van der Waals surface area contributed by atoms with Crippen molar-refractivity contribution in [1.29, 1.82) is 0 Å². The lowest BCUT2D eigenvalue weighted by molar-refractivity contribution is 0.907. The summed E-state index contributed by atoms with van der Waals surface area (Å²) in [4.78, 5) is 10.6. The van der Waals surface area contributed by atoms with Gasteiger partial charge in [-0.1, -0.05) is 6.92 Å². The van der Waals surface area contributed by atoms with Gasteiger partial charge in [-0.15, -0.1) is 0 Å². The normalized spacial score (nSPS) is 10.2. The van der Waals surface area contributed by atoms with Gasteiger partial charge >= 0.3 is 0 Å². The molecule has 0 aliphatic heterocycles. The molecule has 3 N–H and O–H groups in total. The van der Waals surface area contributed by atoms with Gasteiger partial charge in [0.05, 0.1) is 0 Å². The van der Waals surface area contributed by atoms with Gasteiger partial charge in [-0.25, -0.2) is 15.8 Å². The molecule has 1 aromatic heterocycles. The maximum Gasteiger partial charge on any atom is 0.148 e. The van der Waals surface area contributed by atoms with Gasteiger partial charge in [0.25, 0.3) is 0 Å². The smallest absolute Gasteiger partial charge is 0.148 e. The van der Waals surface area contributed by atoms with Crippen molar-refractivity contribution in [2.24, 2.45) is 5.84 Å². The average molecular weight is 241 g/mol. The first kappa shape index (κ1) is 13.1. The maximum absolute atomic E-state index is 5.43. The first-order valence-corrected chi connectivity index (χ1v) is 6.64. The number of hydrazine groups is 1. The molecule has 90 valence electrons. The fraction of sp³-hybridized carbons (Fsp3) is 0.600. The second kappa shape index (κ2) is 6.55. The number of anilines is 2. The number of nitrogen functional groups attached to an aromatic ring is 1. The first-order chi connectivity index (χ1) is 7.74. The SMILES string of the molecule is CCc1c(NN)ncnc1N(C)CCSC. The Kier molecular flexibility index (Phi) is 5.34. The van der Waals surface area contributed by atoms with Gasteiger partial charge in [0, 0.05) is 24.9 Å². The number of rotatable bonds is 6. The van der Waals surface area contributed by atoms with E-state index in [0.717, 1.165) is 30.1 Å². The van der Waals surface area contributed by atoms with E-state index in [1.54, 1.807) is 6.33 Å². The molecule has 0 aliphatic rings. The monoisotopic (exact) mass is 241 g/mol. The summed E-state index contributed by atoms with van der Waals surface area (Å²) in [5.41, 5.74) is 3.68. The van der Waals surface area contributed by atoms with Crippen LogP contribution >= 0.6 is 11.8 Å². The Hall–Kier alpha value is -1.01. The Balaban J connectivity index is 2.93. The van der Waals surface area contributed by atoms with Crippen LogP contribution in [0.25, 0.3) is 0 Å². The zero-order valence-corrected chi connectivity index (χ0v) is 10.8. The van der Waals surface area contributed by atoms with E-state index in [9.17, 15) is 0 Å². The van der Waals surface area contributed by atoms with Crippen LogP contribution < -0.4 is 16.2 Å².